The third kappa shape index (κ3) is 14.2. The van der Waals surface area contributed by atoms with Gasteiger partial charge in [-0.1, -0.05) is 24.3 Å². The highest BCUT2D eigenvalue weighted by Gasteiger charge is 2.29. The molecule has 2 saturated heterocycles. The van der Waals surface area contributed by atoms with Crippen molar-refractivity contribution in [1.29, 1.82) is 0 Å². The molecule has 260 valence electrons. The van der Waals surface area contributed by atoms with Gasteiger partial charge in [0.15, 0.2) is 0 Å². The van der Waals surface area contributed by atoms with Gasteiger partial charge in [0, 0.05) is 50.4 Å². The van der Waals surface area contributed by atoms with E-state index in [9.17, 15) is 34.2 Å². The van der Waals surface area contributed by atoms with Crippen LogP contribution in [0.25, 0.3) is 0 Å². The number of piperidine rings is 2. The van der Waals surface area contributed by atoms with Crippen LogP contribution in [-0.4, -0.2) is 81.3 Å². The predicted octanol–water partition coefficient (Wildman–Crippen LogP) is 6.48. The lowest BCUT2D eigenvalue weighted by Gasteiger charge is -2.34. The van der Waals surface area contributed by atoms with Crippen molar-refractivity contribution in [3.05, 3.63) is 74.6 Å². The summed E-state index contributed by atoms with van der Waals surface area (Å²) in [5.74, 6) is -0.799. The molecular weight excluding hydrogens is 615 g/mol. The van der Waals surface area contributed by atoms with Crippen LogP contribution >= 0.6 is 0 Å². The van der Waals surface area contributed by atoms with E-state index in [0.717, 1.165) is 44.4 Å². The number of hydrogen-bond acceptors (Lipinski definition) is 10. The van der Waals surface area contributed by atoms with Crippen LogP contribution in [0.5, 0.6) is 0 Å². The highest BCUT2D eigenvalue weighted by Crippen LogP contribution is 2.26. The van der Waals surface area contributed by atoms with E-state index < -0.39 is 32.6 Å². The lowest BCUT2D eigenvalue weighted by molar-refractivity contribution is -0.387. The average Bonchev–Trinajstić information content (AvgIpc) is 2.96. The average molecular weight is 663 g/mol. The molecule has 2 fully saturated rings. The largest absolute Gasteiger partial charge is 0.444 e. The number of hydrogen-bond donors (Lipinski definition) is 2. The number of nitro benzene ring substituents is 2. The highest BCUT2D eigenvalue weighted by atomic mass is 19.1. The summed E-state index contributed by atoms with van der Waals surface area (Å²) in [5.41, 5.74) is 4.87. The number of carbonyl (C=O) groups excluding carboxylic acids is 2. The van der Waals surface area contributed by atoms with Gasteiger partial charge in [0.25, 0.3) is 5.69 Å². The molecule has 0 aliphatic carbocycles. The molecule has 2 aromatic rings. The number of nitrogens with one attached hydrogen (secondary N) is 1. The lowest BCUT2D eigenvalue weighted by Crippen LogP contribution is -2.47. The van der Waals surface area contributed by atoms with Crippen LogP contribution in [0.4, 0.5) is 31.0 Å². The molecule has 4 rings (SSSR count). The van der Waals surface area contributed by atoms with Gasteiger partial charge in [0.2, 0.25) is 5.82 Å². The van der Waals surface area contributed by atoms with Crippen molar-refractivity contribution in [2.45, 2.75) is 90.5 Å². The monoisotopic (exact) mass is 662 g/mol. The van der Waals surface area contributed by atoms with Gasteiger partial charge in [0.05, 0.1) is 9.85 Å². The molecule has 0 bridgehead atoms. The first-order valence-corrected chi connectivity index (χ1v) is 15.5. The van der Waals surface area contributed by atoms with E-state index in [1.165, 1.54) is 18.2 Å². The molecule has 2 atom stereocenters. The van der Waals surface area contributed by atoms with Crippen LogP contribution in [0.1, 0.15) is 67.2 Å². The van der Waals surface area contributed by atoms with E-state index in [1.807, 2.05) is 41.5 Å². The van der Waals surface area contributed by atoms with Gasteiger partial charge in [-0.3, -0.25) is 20.2 Å². The van der Waals surface area contributed by atoms with Crippen molar-refractivity contribution >= 4 is 29.2 Å². The van der Waals surface area contributed by atoms with E-state index >= 15 is 0 Å². The minimum atomic E-state index is -0.799. The van der Waals surface area contributed by atoms with Crippen molar-refractivity contribution in [1.82, 2.24) is 9.80 Å². The molecule has 1 unspecified atom stereocenters. The van der Waals surface area contributed by atoms with E-state index in [-0.39, 0.29) is 30.0 Å². The van der Waals surface area contributed by atoms with Gasteiger partial charge >= 0.3 is 17.9 Å². The second-order valence-electron chi connectivity index (χ2n) is 13.2. The summed E-state index contributed by atoms with van der Waals surface area (Å²) in [4.78, 5) is 47.0. The third-order valence-corrected chi connectivity index (χ3v) is 6.69. The van der Waals surface area contributed by atoms with Crippen molar-refractivity contribution in [3.8, 4) is 0 Å². The first kappa shape index (κ1) is 38.7. The SMILES string of the molecule is CC(C)(C)OC(=O)N1CCCC(Nc2ccccc2[N+](=O)[O-])C1.CC(C)(C)OC(=O)N1CCC[C@@H](N)C1.O=[N+]([O-])c1ccccc1F. The molecule has 2 aliphatic rings. The second kappa shape index (κ2) is 17.4. The molecule has 2 heterocycles. The fraction of sp³-hybridized carbons (Fsp3) is 0.562. The van der Waals surface area contributed by atoms with E-state index in [2.05, 4.69) is 5.32 Å². The summed E-state index contributed by atoms with van der Waals surface area (Å²) in [6.45, 7) is 13.6. The van der Waals surface area contributed by atoms with Gasteiger partial charge in [-0.2, -0.15) is 4.39 Å². The van der Waals surface area contributed by atoms with E-state index in [1.54, 1.807) is 28.0 Å². The number of likely N-dealkylation sites (tertiary alicyclic amines) is 2. The number of carbonyl (C=O) groups is 2. The van der Waals surface area contributed by atoms with Crippen LogP contribution in [-0.2, 0) is 9.47 Å². The number of rotatable bonds is 4. The van der Waals surface area contributed by atoms with Crippen LogP contribution in [0.2, 0.25) is 0 Å². The Hall–Kier alpha value is -4.53. The normalized spacial score (nSPS) is 18.0. The molecule has 47 heavy (non-hydrogen) atoms. The Labute approximate surface area is 274 Å². The van der Waals surface area contributed by atoms with Crippen LogP contribution in [0.3, 0.4) is 0 Å². The zero-order chi connectivity index (χ0) is 35.4. The van der Waals surface area contributed by atoms with Crippen molar-refractivity contribution in [3.63, 3.8) is 0 Å². The quantitative estimate of drug-likeness (QED) is 0.271. The first-order valence-electron chi connectivity index (χ1n) is 15.5. The molecule has 2 amide bonds. The van der Waals surface area contributed by atoms with E-state index in [4.69, 9.17) is 15.2 Å². The molecule has 0 aromatic heterocycles. The number of anilines is 1. The molecular formula is C32H47FN6O8. The summed E-state index contributed by atoms with van der Waals surface area (Å²) in [7, 11) is 0. The van der Waals surface area contributed by atoms with Gasteiger partial charge in [0.1, 0.15) is 16.9 Å². The molecule has 14 nitrogen and oxygen atoms in total. The standard InChI is InChI=1S/C16H23N3O4.C10H20N2O2.C6H4FNO2/c1-16(2,3)23-15(20)18-10-6-7-12(11-18)17-13-8-4-5-9-14(13)19(21)22;1-10(2,3)14-9(13)12-6-4-5-8(11)7-12;7-5-3-1-2-4-6(5)8(9)10/h4-5,8-9,12,17H,6-7,10-11H2,1-3H3;8H,4-7,11H2,1-3H3;1-4H/t;8-;/m.1./s1. The number of nitrogens with zero attached hydrogens (tertiary/aromatic N) is 4. The Morgan fingerprint density at radius 2 is 1.28 bits per heavy atom. The molecule has 0 saturated carbocycles. The fourth-order valence-corrected chi connectivity index (χ4v) is 4.66. The summed E-state index contributed by atoms with van der Waals surface area (Å²) < 4.78 is 23.0. The number of para-hydroxylation sites is 3. The number of benzene rings is 2. The summed E-state index contributed by atoms with van der Waals surface area (Å²) in [5, 5.41) is 24.2. The first-order chi connectivity index (χ1) is 21.9. The Kier molecular flexibility index (Phi) is 14.3. The Bertz CT molecular complexity index is 1360. The van der Waals surface area contributed by atoms with Gasteiger partial charge in [-0.25, -0.2) is 9.59 Å². The van der Waals surface area contributed by atoms with Crippen molar-refractivity contribution in [2.75, 3.05) is 31.5 Å². The maximum atomic E-state index is 12.4. The third-order valence-electron chi connectivity index (χ3n) is 6.69. The Morgan fingerprint density at radius 1 is 0.809 bits per heavy atom. The Balaban J connectivity index is 0.000000271. The molecule has 3 N–H and O–H groups in total. The van der Waals surface area contributed by atoms with Crippen LogP contribution < -0.4 is 11.1 Å². The number of halogens is 1. The molecule has 2 aromatic carbocycles. The summed E-state index contributed by atoms with van der Waals surface area (Å²) in [6.07, 6.45) is 3.07. The molecule has 0 radical (unpaired) electrons. The zero-order valence-electron chi connectivity index (χ0n) is 27.9. The number of nitro groups is 2. The van der Waals surface area contributed by atoms with Gasteiger partial charge in [-0.15, -0.1) is 0 Å². The summed E-state index contributed by atoms with van der Waals surface area (Å²) in [6, 6.07) is 11.6. The predicted molar refractivity (Wildman–Crippen MR) is 176 cm³/mol. The second-order valence-corrected chi connectivity index (χ2v) is 13.2. The minimum Gasteiger partial charge on any atom is -0.444 e. The molecule has 2 aliphatic heterocycles. The van der Waals surface area contributed by atoms with Gasteiger partial charge in [-0.05, 0) is 79.4 Å². The topological polar surface area (TPSA) is 183 Å². The number of amides is 2. The van der Waals surface area contributed by atoms with Crippen molar-refractivity contribution in [2.24, 2.45) is 5.73 Å². The smallest absolute Gasteiger partial charge is 0.410 e. The fourth-order valence-electron chi connectivity index (χ4n) is 4.66. The zero-order valence-corrected chi connectivity index (χ0v) is 27.9. The van der Waals surface area contributed by atoms with Gasteiger partial charge < -0.3 is 30.3 Å². The highest BCUT2D eigenvalue weighted by molar-refractivity contribution is 5.69. The lowest BCUT2D eigenvalue weighted by atomic mass is 10.1. The Morgan fingerprint density at radius 3 is 1.74 bits per heavy atom. The minimum absolute atomic E-state index is 0.0302. The maximum Gasteiger partial charge on any atom is 0.410 e. The van der Waals surface area contributed by atoms with Crippen molar-refractivity contribution < 1.29 is 33.3 Å². The summed E-state index contributed by atoms with van der Waals surface area (Å²) >= 11 is 0. The number of ether oxygens (including phenoxy) is 2. The molecule has 15 heteroatoms. The molecule has 0 spiro atoms. The van der Waals surface area contributed by atoms with E-state index in [0.29, 0.717) is 25.3 Å². The number of nitrogens with two attached hydrogens (primary N) is 1. The van der Waals surface area contributed by atoms with Crippen LogP contribution in [0, 0.1) is 26.0 Å². The van der Waals surface area contributed by atoms with Crippen LogP contribution in [0.15, 0.2) is 48.5 Å². The maximum absolute atomic E-state index is 12.4.